The fourth-order valence-corrected chi connectivity index (χ4v) is 4.98. The van der Waals surface area contributed by atoms with Crippen LogP contribution in [0.5, 0.6) is 0 Å². The molecule has 2 aromatic rings. The predicted octanol–water partition coefficient (Wildman–Crippen LogP) is 3.79. The third-order valence-electron chi connectivity index (χ3n) is 6.62. The summed E-state index contributed by atoms with van der Waals surface area (Å²) in [6.45, 7) is 3.18. The maximum Gasteiger partial charge on any atom is 0.407 e. The predicted molar refractivity (Wildman–Crippen MR) is 130 cm³/mol. The molecular formula is C27H32N2O6. The van der Waals surface area contributed by atoms with Crippen molar-refractivity contribution in [2.75, 3.05) is 26.3 Å². The van der Waals surface area contributed by atoms with Crippen LogP contribution in [0.1, 0.15) is 49.7 Å². The number of carboxylic acid groups (broad SMARTS) is 1. The van der Waals surface area contributed by atoms with Crippen LogP contribution in [0.3, 0.4) is 0 Å². The first kappa shape index (κ1) is 24.7. The average Bonchev–Trinajstić information content (AvgIpc) is 3.16. The van der Waals surface area contributed by atoms with Crippen LogP contribution in [0.25, 0.3) is 11.1 Å². The van der Waals surface area contributed by atoms with Crippen LogP contribution in [0.4, 0.5) is 4.79 Å². The fraction of sp³-hybridized carbons (Fsp3) is 0.444. The molecule has 1 fully saturated rings. The monoisotopic (exact) mass is 480 g/mol. The van der Waals surface area contributed by atoms with Crippen molar-refractivity contribution < 1.29 is 29.0 Å². The molecule has 0 aromatic heterocycles. The lowest BCUT2D eigenvalue weighted by Crippen LogP contribution is -2.48. The third kappa shape index (κ3) is 6.00. The first-order valence-electron chi connectivity index (χ1n) is 12.2. The summed E-state index contributed by atoms with van der Waals surface area (Å²) in [6.07, 6.45) is 0.386. The molecule has 0 spiro atoms. The van der Waals surface area contributed by atoms with E-state index in [0.717, 1.165) is 17.5 Å². The van der Waals surface area contributed by atoms with Gasteiger partial charge in [0.15, 0.2) is 0 Å². The SMILES string of the molecule is CCCC(CC(=O)N1CCOC(CC(=O)O)C1)NC(=O)OCC1c2ccccc2-c2ccccc21. The Morgan fingerprint density at radius 1 is 1.11 bits per heavy atom. The zero-order valence-electron chi connectivity index (χ0n) is 19.9. The summed E-state index contributed by atoms with van der Waals surface area (Å²) < 4.78 is 11.1. The van der Waals surface area contributed by atoms with E-state index in [9.17, 15) is 14.4 Å². The molecule has 1 heterocycles. The average molecular weight is 481 g/mol. The second kappa shape index (κ2) is 11.4. The van der Waals surface area contributed by atoms with Crippen LogP contribution in [-0.4, -0.2) is 66.4 Å². The summed E-state index contributed by atoms with van der Waals surface area (Å²) in [7, 11) is 0. The molecule has 8 nitrogen and oxygen atoms in total. The minimum Gasteiger partial charge on any atom is -0.481 e. The zero-order chi connectivity index (χ0) is 24.8. The van der Waals surface area contributed by atoms with Gasteiger partial charge in [0.05, 0.1) is 19.1 Å². The molecule has 0 radical (unpaired) electrons. The number of morpholine rings is 1. The van der Waals surface area contributed by atoms with E-state index in [1.807, 2.05) is 31.2 Å². The van der Waals surface area contributed by atoms with Gasteiger partial charge in [0.2, 0.25) is 5.91 Å². The molecule has 1 saturated heterocycles. The normalized spacial score (nSPS) is 17.9. The van der Waals surface area contributed by atoms with E-state index in [1.54, 1.807) is 4.90 Å². The highest BCUT2D eigenvalue weighted by atomic mass is 16.5. The lowest BCUT2D eigenvalue weighted by Gasteiger charge is -2.33. The van der Waals surface area contributed by atoms with Crippen molar-refractivity contribution in [3.05, 3.63) is 59.7 Å². The molecule has 4 rings (SSSR count). The molecule has 0 saturated carbocycles. The summed E-state index contributed by atoms with van der Waals surface area (Å²) in [6, 6.07) is 16.0. The Balaban J connectivity index is 1.33. The Morgan fingerprint density at radius 2 is 1.77 bits per heavy atom. The summed E-state index contributed by atoms with van der Waals surface area (Å²) in [4.78, 5) is 38.2. The van der Waals surface area contributed by atoms with E-state index < -0.39 is 18.2 Å². The smallest absolute Gasteiger partial charge is 0.407 e. The lowest BCUT2D eigenvalue weighted by atomic mass is 9.98. The van der Waals surface area contributed by atoms with Gasteiger partial charge in [-0.15, -0.1) is 0 Å². The number of hydrogen-bond donors (Lipinski definition) is 2. The van der Waals surface area contributed by atoms with Crippen LogP contribution in [0.15, 0.2) is 48.5 Å². The van der Waals surface area contributed by atoms with Crippen molar-refractivity contribution in [1.82, 2.24) is 10.2 Å². The van der Waals surface area contributed by atoms with Crippen LogP contribution in [-0.2, 0) is 19.1 Å². The molecule has 2 N–H and O–H groups in total. The fourth-order valence-electron chi connectivity index (χ4n) is 4.98. The maximum absolute atomic E-state index is 12.9. The second-order valence-corrected chi connectivity index (χ2v) is 9.09. The maximum atomic E-state index is 12.9. The quantitative estimate of drug-likeness (QED) is 0.566. The number of alkyl carbamates (subject to hydrolysis) is 1. The van der Waals surface area contributed by atoms with E-state index in [1.165, 1.54) is 11.1 Å². The van der Waals surface area contributed by atoms with Gasteiger partial charge < -0.3 is 24.8 Å². The van der Waals surface area contributed by atoms with E-state index in [4.69, 9.17) is 14.6 Å². The summed E-state index contributed by atoms with van der Waals surface area (Å²) in [5, 5.41) is 11.9. The van der Waals surface area contributed by atoms with Gasteiger partial charge in [-0.1, -0.05) is 61.9 Å². The minimum atomic E-state index is -0.954. The number of amides is 2. The number of aliphatic carboxylic acids is 1. The van der Waals surface area contributed by atoms with E-state index in [-0.39, 0.29) is 43.9 Å². The molecule has 0 bridgehead atoms. The molecule has 1 aliphatic heterocycles. The first-order valence-corrected chi connectivity index (χ1v) is 12.2. The van der Waals surface area contributed by atoms with Gasteiger partial charge in [-0.3, -0.25) is 9.59 Å². The van der Waals surface area contributed by atoms with Gasteiger partial charge in [0.25, 0.3) is 0 Å². The number of carbonyl (C=O) groups excluding carboxylic acids is 2. The number of ether oxygens (including phenoxy) is 2. The second-order valence-electron chi connectivity index (χ2n) is 9.09. The van der Waals surface area contributed by atoms with Crippen molar-refractivity contribution in [2.45, 2.75) is 50.7 Å². The van der Waals surface area contributed by atoms with E-state index >= 15 is 0 Å². The zero-order valence-corrected chi connectivity index (χ0v) is 19.9. The van der Waals surface area contributed by atoms with Crippen molar-refractivity contribution in [3.8, 4) is 11.1 Å². The number of benzene rings is 2. The van der Waals surface area contributed by atoms with Crippen LogP contribution in [0.2, 0.25) is 0 Å². The van der Waals surface area contributed by atoms with Gasteiger partial charge >= 0.3 is 12.1 Å². The van der Waals surface area contributed by atoms with Crippen LogP contribution in [0, 0.1) is 0 Å². The molecule has 1 aliphatic carbocycles. The topological polar surface area (TPSA) is 105 Å². The molecule has 2 amide bonds. The standard InChI is InChI=1S/C27H32N2O6/c1-2-7-18(14-25(30)29-12-13-34-19(16-29)15-26(31)32)28-27(33)35-17-24-22-10-5-3-8-20(22)21-9-4-6-11-23(21)24/h3-6,8-11,18-19,24H,2,7,12-17H2,1H3,(H,28,33)(H,31,32). The summed E-state index contributed by atoms with van der Waals surface area (Å²) >= 11 is 0. The number of fused-ring (bicyclic) bond motifs is 3. The minimum absolute atomic E-state index is 0.0288. The molecular weight excluding hydrogens is 448 g/mol. The molecule has 2 atom stereocenters. The molecule has 186 valence electrons. The molecule has 2 aromatic carbocycles. The molecule has 8 heteroatoms. The van der Waals surface area contributed by atoms with Gasteiger partial charge in [-0.2, -0.15) is 0 Å². The molecule has 2 unspecified atom stereocenters. The van der Waals surface area contributed by atoms with E-state index in [0.29, 0.717) is 19.6 Å². The number of carbonyl (C=O) groups is 3. The van der Waals surface area contributed by atoms with Crippen molar-refractivity contribution in [2.24, 2.45) is 0 Å². The molecule has 2 aliphatic rings. The largest absolute Gasteiger partial charge is 0.481 e. The number of hydrogen-bond acceptors (Lipinski definition) is 5. The van der Waals surface area contributed by atoms with Gasteiger partial charge in [-0.25, -0.2) is 4.79 Å². The van der Waals surface area contributed by atoms with Gasteiger partial charge in [0, 0.05) is 31.5 Å². The Kier molecular flexibility index (Phi) is 8.02. The summed E-state index contributed by atoms with van der Waals surface area (Å²) in [5.41, 5.74) is 4.62. The van der Waals surface area contributed by atoms with Crippen LogP contribution >= 0.6 is 0 Å². The van der Waals surface area contributed by atoms with Crippen molar-refractivity contribution >= 4 is 18.0 Å². The number of rotatable bonds is 9. The summed E-state index contributed by atoms with van der Waals surface area (Å²) in [5.74, 6) is -1.11. The third-order valence-corrected chi connectivity index (χ3v) is 6.62. The Hall–Kier alpha value is -3.39. The highest BCUT2D eigenvalue weighted by Gasteiger charge is 2.30. The van der Waals surface area contributed by atoms with Crippen molar-refractivity contribution in [3.63, 3.8) is 0 Å². The highest BCUT2D eigenvalue weighted by molar-refractivity contribution is 5.80. The van der Waals surface area contributed by atoms with Gasteiger partial charge in [0.1, 0.15) is 6.61 Å². The van der Waals surface area contributed by atoms with Crippen molar-refractivity contribution in [1.29, 1.82) is 0 Å². The van der Waals surface area contributed by atoms with E-state index in [2.05, 4.69) is 29.6 Å². The van der Waals surface area contributed by atoms with Crippen LogP contribution < -0.4 is 5.32 Å². The number of nitrogens with zero attached hydrogens (tertiary/aromatic N) is 1. The van der Waals surface area contributed by atoms with Gasteiger partial charge in [-0.05, 0) is 28.7 Å². The molecule has 35 heavy (non-hydrogen) atoms. The Bertz CT molecular complexity index is 1030. The highest BCUT2D eigenvalue weighted by Crippen LogP contribution is 2.44. The first-order chi connectivity index (χ1) is 17.0. The number of carboxylic acids is 1. The number of nitrogens with one attached hydrogen (secondary N) is 1. The Labute approximate surface area is 205 Å². The lowest BCUT2D eigenvalue weighted by molar-refractivity contribution is -0.148. The Morgan fingerprint density at radius 3 is 2.40 bits per heavy atom.